The maximum atomic E-state index is 13.6. The lowest BCUT2D eigenvalue weighted by Crippen LogP contribution is -2.26. The minimum absolute atomic E-state index is 0.0917. The number of halogens is 1. The molecule has 0 amide bonds. The Balaban J connectivity index is 2.26. The lowest BCUT2D eigenvalue weighted by Gasteiger charge is -2.25. The van der Waals surface area contributed by atoms with Crippen LogP contribution in [0.15, 0.2) is 18.2 Å². The second kappa shape index (κ2) is 5.15. The van der Waals surface area contributed by atoms with Crippen molar-refractivity contribution in [2.75, 3.05) is 27.2 Å². The van der Waals surface area contributed by atoms with Gasteiger partial charge in [-0.1, -0.05) is 12.1 Å². The van der Waals surface area contributed by atoms with Crippen molar-refractivity contribution in [1.29, 1.82) is 0 Å². The molecule has 1 aromatic carbocycles. The molecule has 0 radical (unpaired) electrons. The first-order valence-corrected chi connectivity index (χ1v) is 6.24. The molecule has 0 bridgehead atoms. The maximum Gasteiger partial charge on any atom is 0.126 e. The van der Waals surface area contributed by atoms with Crippen LogP contribution in [0.2, 0.25) is 0 Å². The van der Waals surface area contributed by atoms with E-state index in [4.69, 9.17) is 0 Å². The number of likely N-dealkylation sites (tertiary alicyclic amines) is 1. The van der Waals surface area contributed by atoms with E-state index in [9.17, 15) is 4.39 Å². The van der Waals surface area contributed by atoms with Crippen LogP contribution in [0, 0.1) is 18.7 Å². The van der Waals surface area contributed by atoms with Crippen molar-refractivity contribution in [3.05, 3.63) is 35.1 Å². The molecule has 1 aromatic rings. The molecule has 1 aliphatic rings. The van der Waals surface area contributed by atoms with Gasteiger partial charge in [-0.3, -0.25) is 4.90 Å². The smallest absolute Gasteiger partial charge is 0.126 e. The third-order valence-electron chi connectivity index (χ3n) is 3.78. The molecule has 2 nitrogen and oxygen atoms in total. The van der Waals surface area contributed by atoms with Crippen molar-refractivity contribution in [3.63, 3.8) is 0 Å². The summed E-state index contributed by atoms with van der Waals surface area (Å²) in [6.45, 7) is 3.89. The Morgan fingerprint density at radius 3 is 2.88 bits per heavy atom. The lowest BCUT2D eigenvalue weighted by molar-refractivity contribution is 0.273. The molecule has 0 aliphatic carbocycles. The van der Waals surface area contributed by atoms with Gasteiger partial charge >= 0.3 is 0 Å². The second-order valence-corrected chi connectivity index (χ2v) is 5.04. The fourth-order valence-corrected chi connectivity index (χ4v) is 2.82. The number of nitrogens with zero attached hydrogens (tertiary/aromatic N) is 1. The second-order valence-electron chi connectivity index (χ2n) is 5.04. The Morgan fingerprint density at radius 1 is 1.47 bits per heavy atom. The van der Waals surface area contributed by atoms with Gasteiger partial charge in [0.05, 0.1) is 0 Å². The molecule has 3 heteroatoms. The van der Waals surface area contributed by atoms with E-state index in [0.29, 0.717) is 12.0 Å². The van der Waals surface area contributed by atoms with Crippen molar-refractivity contribution in [1.82, 2.24) is 10.2 Å². The molecule has 17 heavy (non-hydrogen) atoms. The fraction of sp³-hybridized carbons (Fsp3) is 0.571. The first kappa shape index (κ1) is 12.5. The highest BCUT2D eigenvalue weighted by Gasteiger charge is 2.32. The normalized spacial score (nSPS) is 25.4. The van der Waals surface area contributed by atoms with Crippen molar-refractivity contribution < 1.29 is 4.39 Å². The topological polar surface area (TPSA) is 15.3 Å². The number of hydrogen-bond acceptors (Lipinski definition) is 2. The van der Waals surface area contributed by atoms with Crippen LogP contribution < -0.4 is 5.32 Å². The van der Waals surface area contributed by atoms with Crippen molar-refractivity contribution in [2.24, 2.45) is 5.92 Å². The third-order valence-corrected chi connectivity index (χ3v) is 3.78. The molecule has 2 unspecified atom stereocenters. The first-order chi connectivity index (χ1) is 8.13. The molecule has 0 aromatic heterocycles. The van der Waals surface area contributed by atoms with Gasteiger partial charge in [-0.2, -0.15) is 0 Å². The van der Waals surface area contributed by atoms with Crippen LogP contribution in [0.3, 0.4) is 0 Å². The molecule has 0 spiro atoms. The van der Waals surface area contributed by atoms with Gasteiger partial charge in [0.25, 0.3) is 0 Å². The molecule has 1 N–H and O–H groups in total. The Hall–Kier alpha value is -0.930. The predicted octanol–water partition coefficient (Wildman–Crippen LogP) is 2.35. The highest BCUT2D eigenvalue weighted by Crippen LogP contribution is 2.36. The molecule has 1 saturated heterocycles. The minimum atomic E-state index is -0.0917. The summed E-state index contributed by atoms with van der Waals surface area (Å²) in [5, 5.41) is 3.24. The number of hydrogen-bond donors (Lipinski definition) is 1. The summed E-state index contributed by atoms with van der Waals surface area (Å²) < 4.78 is 13.6. The van der Waals surface area contributed by atoms with E-state index >= 15 is 0 Å². The van der Waals surface area contributed by atoms with Crippen LogP contribution in [0.4, 0.5) is 4.39 Å². The average molecular weight is 236 g/mol. The Kier molecular flexibility index (Phi) is 3.79. The summed E-state index contributed by atoms with van der Waals surface area (Å²) in [6.07, 6.45) is 1.18. The monoisotopic (exact) mass is 236 g/mol. The van der Waals surface area contributed by atoms with E-state index in [-0.39, 0.29) is 5.82 Å². The van der Waals surface area contributed by atoms with Gasteiger partial charge in [-0.05, 0) is 63.6 Å². The van der Waals surface area contributed by atoms with Crippen molar-refractivity contribution in [2.45, 2.75) is 19.4 Å². The van der Waals surface area contributed by atoms with Gasteiger partial charge in [0.2, 0.25) is 0 Å². The maximum absolute atomic E-state index is 13.6. The third kappa shape index (κ3) is 2.50. The Morgan fingerprint density at radius 2 is 2.24 bits per heavy atom. The zero-order valence-corrected chi connectivity index (χ0v) is 10.8. The lowest BCUT2D eigenvalue weighted by atomic mass is 9.93. The Bertz CT molecular complexity index is 390. The molecule has 0 saturated carbocycles. The summed E-state index contributed by atoms with van der Waals surface area (Å²) in [4.78, 5) is 2.33. The van der Waals surface area contributed by atoms with E-state index < -0.39 is 0 Å². The van der Waals surface area contributed by atoms with E-state index in [1.54, 1.807) is 6.07 Å². The highest BCUT2D eigenvalue weighted by atomic mass is 19.1. The van der Waals surface area contributed by atoms with Crippen LogP contribution in [0.25, 0.3) is 0 Å². The van der Waals surface area contributed by atoms with Crippen LogP contribution in [0.5, 0.6) is 0 Å². The Labute approximate surface area is 103 Å². The van der Waals surface area contributed by atoms with Crippen LogP contribution >= 0.6 is 0 Å². The molecular weight excluding hydrogens is 215 g/mol. The van der Waals surface area contributed by atoms with Gasteiger partial charge in [0, 0.05) is 6.04 Å². The zero-order valence-electron chi connectivity index (χ0n) is 10.8. The molecule has 2 rings (SSSR count). The minimum Gasteiger partial charge on any atom is -0.319 e. The molecule has 1 fully saturated rings. The summed E-state index contributed by atoms with van der Waals surface area (Å²) in [7, 11) is 4.10. The van der Waals surface area contributed by atoms with Gasteiger partial charge in [0.15, 0.2) is 0 Å². The quantitative estimate of drug-likeness (QED) is 0.866. The van der Waals surface area contributed by atoms with Gasteiger partial charge < -0.3 is 5.32 Å². The average Bonchev–Trinajstić information content (AvgIpc) is 2.65. The number of nitrogens with one attached hydrogen (secondary N) is 1. The van der Waals surface area contributed by atoms with Crippen LogP contribution in [-0.2, 0) is 0 Å². The number of rotatable bonds is 3. The van der Waals surface area contributed by atoms with E-state index in [1.165, 1.54) is 6.42 Å². The van der Waals surface area contributed by atoms with E-state index in [0.717, 1.165) is 24.2 Å². The first-order valence-electron chi connectivity index (χ1n) is 6.24. The largest absolute Gasteiger partial charge is 0.319 e. The van der Waals surface area contributed by atoms with Gasteiger partial charge in [-0.15, -0.1) is 0 Å². The number of benzene rings is 1. The fourth-order valence-electron chi connectivity index (χ4n) is 2.82. The highest BCUT2D eigenvalue weighted by molar-refractivity contribution is 5.27. The molecular formula is C14H21FN2. The summed E-state index contributed by atoms with van der Waals surface area (Å²) in [5.74, 6) is 0.484. The molecule has 2 atom stereocenters. The number of aryl methyl sites for hydroxylation is 1. The standard InChI is InChI=1S/C14H21FN2/c1-10-4-5-11(8-13(10)15)14-12(9-16-2)6-7-17(14)3/h4-5,8,12,14,16H,6-7,9H2,1-3H3. The van der Waals surface area contributed by atoms with Crippen LogP contribution in [0.1, 0.15) is 23.6 Å². The van der Waals surface area contributed by atoms with Gasteiger partial charge in [0.1, 0.15) is 5.82 Å². The van der Waals surface area contributed by atoms with Crippen molar-refractivity contribution in [3.8, 4) is 0 Å². The SMILES string of the molecule is CNCC1CCN(C)C1c1ccc(C)c(F)c1. The zero-order chi connectivity index (χ0) is 12.4. The predicted molar refractivity (Wildman–Crippen MR) is 68.5 cm³/mol. The summed E-state index contributed by atoms with van der Waals surface area (Å²) >= 11 is 0. The summed E-state index contributed by atoms with van der Waals surface area (Å²) in [5.41, 5.74) is 1.83. The molecule has 1 aliphatic heterocycles. The van der Waals surface area contributed by atoms with Crippen LogP contribution in [-0.4, -0.2) is 32.1 Å². The van der Waals surface area contributed by atoms with Crippen molar-refractivity contribution >= 4 is 0 Å². The summed E-state index contributed by atoms with van der Waals surface area (Å²) in [6, 6.07) is 5.99. The van der Waals surface area contributed by atoms with E-state index in [1.807, 2.05) is 20.0 Å². The molecule has 94 valence electrons. The van der Waals surface area contributed by atoms with Gasteiger partial charge in [-0.25, -0.2) is 4.39 Å². The van der Waals surface area contributed by atoms with E-state index in [2.05, 4.69) is 23.3 Å². The molecule has 1 heterocycles.